The summed E-state index contributed by atoms with van der Waals surface area (Å²) in [5, 5.41) is 7.22. The number of thiophene rings is 1. The monoisotopic (exact) mass is 400 g/mol. The Morgan fingerprint density at radius 2 is 1.90 bits per heavy atom. The molecule has 2 N–H and O–H groups in total. The Morgan fingerprint density at radius 1 is 1.15 bits per heavy atom. The molecule has 6 heteroatoms. The highest BCUT2D eigenvalue weighted by molar-refractivity contribution is 14.1. The van der Waals surface area contributed by atoms with Crippen LogP contribution in [0.4, 0.5) is 5.69 Å². The fourth-order valence-electron chi connectivity index (χ4n) is 1.67. The van der Waals surface area contributed by atoms with E-state index in [9.17, 15) is 9.59 Å². The van der Waals surface area contributed by atoms with Crippen LogP contribution in [-0.4, -0.2) is 18.9 Å². The molecule has 0 aliphatic heterocycles. The second-order valence-corrected chi connectivity index (χ2v) is 7.01. The van der Waals surface area contributed by atoms with Gasteiger partial charge in [-0.05, 0) is 53.3 Å². The SMILES string of the molecule is CNC(=O)c1ccc(C)c(NC(=O)c2csc(I)c2)c1. The largest absolute Gasteiger partial charge is 0.355 e. The van der Waals surface area contributed by atoms with Gasteiger partial charge < -0.3 is 10.6 Å². The topological polar surface area (TPSA) is 58.2 Å². The number of rotatable bonds is 3. The van der Waals surface area contributed by atoms with Crippen molar-refractivity contribution in [3.8, 4) is 0 Å². The van der Waals surface area contributed by atoms with E-state index in [0.717, 1.165) is 8.45 Å². The average molecular weight is 400 g/mol. The maximum Gasteiger partial charge on any atom is 0.256 e. The molecule has 1 aromatic heterocycles. The van der Waals surface area contributed by atoms with Gasteiger partial charge in [-0.1, -0.05) is 6.07 Å². The number of amides is 2. The highest BCUT2D eigenvalue weighted by atomic mass is 127. The van der Waals surface area contributed by atoms with Gasteiger partial charge in [-0.3, -0.25) is 9.59 Å². The van der Waals surface area contributed by atoms with E-state index in [0.29, 0.717) is 16.8 Å². The molecule has 0 atom stereocenters. The first-order valence-electron chi connectivity index (χ1n) is 5.89. The summed E-state index contributed by atoms with van der Waals surface area (Å²) < 4.78 is 1.06. The fraction of sp³-hybridized carbons (Fsp3) is 0.143. The average Bonchev–Trinajstić information content (AvgIpc) is 2.87. The predicted octanol–water partition coefficient (Wildman–Crippen LogP) is 3.27. The zero-order valence-electron chi connectivity index (χ0n) is 11.0. The van der Waals surface area contributed by atoms with Crippen molar-refractivity contribution in [2.45, 2.75) is 6.92 Å². The lowest BCUT2D eigenvalue weighted by Crippen LogP contribution is -2.18. The molecular weight excluding hydrogens is 387 g/mol. The molecule has 2 aromatic rings. The zero-order chi connectivity index (χ0) is 14.7. The maximum absolute atomic E-state index is 12.1. The summed E-state index contributed by atoms with van der Waals surface area (Å²) in [7, 11) is 1.58. The lowest BCUT2D eigenvalue weighted by atomic mass is 10.1. The third-order valence-corrected chi connectivity index (χ3v) is 4.59. The molecule has 4 nitrogen and oxygen atoms in total. The molecule has 0 radical (unpaired) electrons. The molecule has 0 saturated carbocycles. The first-order valence-corrected chi connectivity index (χ1v) is 7.85. The molecule has 0 aliphatic carbocycles. The Balaban J connectivity index is 2.24. The van der Waals surface area contributed by atoms with E-state index in [4.69, 9.17) is 0 Å². The van der Waals surface area contributed by atoms with Gasteiger partial charge >= 0.3 is 0 Å². The van der Waals surface area contributed by atoms with Crippen LogP contribution in [0.2, 0.25) is 0 Å². The Hall–Kier alpha value is -1.41. The number of aryl methyl sites for hydroxylation is 1. The Kier molecular flexibility index (Phi) is 4.77. The van der Waals surface area contributed by atoms with Crippen LogP contribution in [0.5, 0.6) is 0 Å². The van der Waals surface area contributed by atoms with Gasteiger partial charge in [0.25, 0.3) is 11.8 Å². The van der Waals surface area contributed by atoms with Crippen LogP contribution >= 0.6 is 33.9 Å². The molecule has 2 rings (SSSR count). The third kappa shape index (κ3) is 3.37. The molecule has 0 aliphatic rings. The zero-order valence-corrected chi connectivity index (χ0v) is 14.0. The minimum Gasteiger partial charge on any atom is -0.355 e. The lowest BCUT2D eigenvalue weighted by molar-refractivity contribution is 0.0961. The number of carbonyl (C=O) groups is 2. The van der Waals surface area contributed by atoms with E-state index in [1.54, 1.807) is 19.2 Å². The standard InChI is InChI=1S/C14H13IN2O2S/c1-8-3-4-9(13(18)16-2)5-11(8)17-14(19)10-6-12(15)20-7-10/h3-7H,1-2H3,(H,16,18)(H,17,19). The first-order chi connectivity index (χ1) is 9.51. The first kappa shape index (κ1) is 15.0. The summed E-state index contributed by atoms with van der Waals surface area (Å²) in [4.78, 5) is 23.7. The van der Waals surface area contributed by atoms with E-state index in [2.05, 4.69) is 33.2 Å². The van der Waals surface area contributed by atoms with Gasteiger partial charge in [0.05, 0.1) is 8.45 Å². The molecule has 0 fully saturated rings. The van der Waals surface area contributed by atoms with Crippen LogP contribution in [-0.2, 0) is 0 Å². The number of carbonyl (C=O) groups excluding carboxylic acids is 2. The predicted molar refractivity (Wildman–Crippen MR) is 89.6 cm³/mol. The Bertz CT molecular complexity index is 667. The van der Waals surface area contributed by atoms with E-state index in [1.165, 1.54) is 11.3 Å². The summed E-state index contributed by atoms with van der Waals surface area (Å²) in [5.41, 5.74) is 2.71. The minimum absolute atomic E-state index is 0.165. The summed E-state index contributed by atoms with van der Waals surface area (Å²) >= 11 is 3.70. The molecule has 0 spiro atoms. The molecule has 20 heavy (non-hydrogen) atoms. The van der Waals surface area contributed by atoms with Crippen molar-refractivity contribution < 1.29 is 9.59 Å². The fourth-order valence-corrected chi connectivity index (χ4v) is 2.99. The molecule has 0 bridgehead atoms. The maximum atomic E-state index is 12.1. The van der Waals surface area contributed by atoms with Crippen molar-refractivity contribution >= 4 is 51.4 Å². The molecular formula is C14H13IN2O2S. The van der Waals surface area contributed by atoms with Crippen LogP contribution in [0.25, 0.3) is 0 Å². The molecule has 1 aromatic carbocycles. The Morgan fingerprint density at radius 3 is 2.50 bits per heavy atom. The van der Waals surface area contributed by atoms with Crippen molar-refractivity contribution in [1.29, 1.82) is 0 Å². The van der Waals surface area contributed by atoms with Crippen molar-refractivity contribution in [3.63, 3.8) is 0 Å². The van der Waals surface area contributed by atoms with Gasteiger partial charge in [-0.15, -0.1) is 11.3 Å². The highest BCUT2D eigenvalue weighted by Gasteiger charge is 2.11. The van der Waals surface area contributed by atoms with Crippen LogP contribution in [0, 0.1) is 9.81 Å². The Labute approximate surface area is 134 Å². The highest BCUT2D eigenvalue weighted by Crippen LogP contribution is 2.21. The van der Waals surface area contributed by atoms with Gasteiger partial charge in [0.2, 0.25) is 0 Å². The summed E-state index contributed by atoms with van der Waals surface area (Å²) in [6.45, 7) is 1.89. The van der Waals surface area contributed by atoms with Crippen LogP contribution in [0.15, 0.2) is 29.6 Å². The van der Waals surface area contributed by atoms with Crippen LogP contribution < -0.4 is 10.6 Å². The number of nitrogens with one attached hydrogen (secondary N) is 2. The molecule has 0 saturated heterocycles. The lowest BCUT2D eigenvalue weighted by Gasteiger charge is -2.09. The second-order valence-electron chi connectivity index (χ2n) is 4.20. The van der Waals surface area contributed by atoms with Crippen molar-refractivity contribution in [2.75, 3.05) is 12.4 Å². The van der Waals surface area contributed by atoms with Crippen LogP contribution in [0.3, 0.4) is 0 Å². The number of hydrogen-bond donors (Lipinski definition) is 2. The third-order valence-electron chi connectivity index (χ3n) is 2.80. The number of benzene rings is 1. The summed E-state index contributed by atoms with van der Waals surface area (Å²) in [6.07, 6.45) is 0. The van der Waals surface area contributed by atoms with Gasteiger partial charge in [-0.25, -0.2) is 0 Å². The van der Waals surface area contributed by atoms with Crippen LogP contribution in [0.1, 0.15) is 26.3 Å². The molecule has 2 amide bonds. The molecule has 104 valence electrons. The van der Waals surface area contributed by atoms with E-state index >= 15 is 0 Å². The van der Waals surface area contributed by atoms with Gasteiger partial charge in [0, 0.05) is 23.7 Å². The van der Waals surface area contributed by atoms with Crippen molar-refractivity contribution in [1.82, 2.24) is 5.32 Å². The molecule has 0 unspecified atom stereocenters. The normalized spacial score (nSPS) is 10.2. The van der Waals surface area contributed by atoms with Gasteiger partial charge in [-0.2, -0.15) is 0 Å². The summed E-state index contributed by atoms with van der Waals surface area (Å²) in [6, 6.07) is 7.07. The van der Waals surface area contributed by atoms with E-state index in [-0.39, 0.29) is 11.8 Å². The van der Waals surface area contributed by atoms with Crippen molar-refractivity contribution in [2.24, 2.45) is 0 Å². The number of anilines is 1. The van der Waals surface area contributed by atoms with Gasteiger partial charge in [0.1, 0.15) is 0 Å². The molecule has 1 heterocycles. The summed E-state index contributed by atoms with van der Waals surface area (Å²) in [5.74, 6) is -0.341. The minimum atomic E-state index is -0.175. The van der Waals surface area contributed by atoms with E-state index < -0.39 is 0 Å². The smallest absolute Gasteiger partial charge is 0.256 e. The van der Waals surface area contributed by atoms with E-state index in [1.807, 2.05) is 24.4 Å². The van der Waals surface area contributed by atoms with Gasteiger partial charge in [0.15, 0.2) is 0 Å². The number of halogens is 1. The van der Waals surface area contributed by atoms with Crippen molar-refractivity contribution in [3.05, 3.63) is 49.2 Å². The second kappa shape index (κ2) is 6.36. The quantitative estimate of drug-likeness (QED) is 0.778. The number of hydrogen-bond acceptors (Lipinski definition) is 3.